The molecule has 1 heterocycles. The maximum absolute atomic E-state index is 12.2. The van der Waals surface area contributed by atoms with Crippen LogP contribution in [0.3, 0.4) is 0 Å². The Bertz CT molecular complexity index is 869. The lowest BCUT2D eigenvalue weighted by molar-refractivity contribution is 0.582. The Balaban J connectivity index is 1.84. The first-order valence-corrected chi connectivity index (χ1v) is 10.6. The van der Waals surface area contributed by atoms with E-state index in [-0.39, 0.29) is 10.9 Å². The fraction of sp³-hybridized carbons (Fsp3) is 0.444. The molecule has 5 nitrogen and oxygen atoms in total. The molecule has 1 aromatic heterocycles. The van der Waals surface area contributed by atoms with Crippen LogP contribution in [0.2, 0.25) is 5.02 Å². The van der Waals surface area contributed by atoms with Crippen molar-refractivity contribution in [2.24, 2.45) is 0 Å². The summed E-state index contributed by atoms with van der Waals surface area (Å²) in [4.78, 5) is 8.68. The predicted molar refractivity (Wildman–Crippen MR) is 100 cm³/mol. The van der Waals surface area contributed by atoms with E-state index in [1.165, 1.54) is 0 Å². The van der Waals surface area contributed by atoms with Gasteiger partial charge in [-0.1, -0.05) is 36.7 Å². The molecule has 134 valence electrons. The molecule has 0 spiro atoms. The van der Waals surface area contributed by atoms with Crippen LogP contribution in [-0.2, 0) is 29.1 Å². The Morgan fingerprint density at radius 3 is 2.68 bits per heavy atom. The lowest BCUT2D eigenvalue weighted by Gasteiger charge is -2.19. The van der Waals surface area contributed by atoms with Gasteiger partial charge < -0.3 is 5.32 Å². The molecule has 1 aromatic carbocycles. The summed E-state index contributed by atoms with van der Waals surface area (Å²) < 4.78 is 24.4. The number of halogens is 1. The van der Waals surface area contributed by atoms with Gasteiger partial charge in [0.25, 0.3) is 0 Å². The second-order valence-corrected chi connectivity index (χ2v) is 8.74. The van der Waals surface area contributed by atoms with Gasteiger partial charge in [-0.3, -0.25) is 0 Å². The smallest absolute Gasteiger partial charge is 0.249 e. The molecule has 1 aliphatic carbocycles. The summed E-state index contributed by atoms with van der Waals surface area (Å²) >= 11 is 6.19. The zero-order valence-electron chi connectivity index (χ0n) is 14.3. The number of anilines is 1. The maximum Gasteiger partial charge on any atom is 0.249 e. The molecule has 0 amide bonds. The van der Waals surface area contributed by atoms with Gasteiger partial charge in [0.1, 0.15) is 5.82 Å². The van der Waals surface area contributed by atoms with E-state index in [9.17, 15) is 8.42 Å². The highest BCUT2D eigenvalue weighted by Crippen LogP contribution is 2.27. The van der Waals surface area contributed by atoms with E-state index in [0.717, 1.165) is 53.9 Å². The Labute approximate surface area is 153 Å². The van der Waals surface area contributed by atoms with Gasteiger partial charge in [0.05, 0.1) is 11.4 Å². The Morgan fingerprint density at radius 1 is 1.16 bits per heavy atom. The molecule has 1 N–H and O–H groups in total. The third-order valence-corrected chi connectivity index (χ3v) is 6.33. The lowest BCUT2D eigenvalue weighted by atomic mass is 9.96. The fourth-order valence-electron chi connectivity index (χ4n) is 3.00. The molecule has 7 heteroatoms. The summed E-state index contributed by atoms with van der Waals surface area (Å²) in [6, 6.07) is 7.73. The van der Waals surface area contributed by atoms with Gasteiger partial charge in [-0.05, 0) is 43.7 Å². The van der Waals surface area contributed by atoms with Gasteiger partial charge in [-0.15, -0.1) is 0 Å². The van der Waals surface area contributed by atoms with Crippen LogP contribution in [0.1, 0.15) is 36.6 Å². The number of benzene rings is 1. The summed E-state index contributed by atoms with van der Waals surface area (Å²) in [5.74, 6) is 0.661. The number of nitrogens with zero attached hydrogens (tertiary/aromatic N) is 2. The summed E-state index contributed by atoms with van der Waals surface area (Å²) in [6.07, 6.45) is 4.55. The minimum absolute atomic E-state index is 0.00481. The standard InChI is InChI=1S/C18H22ClN3O2S/c1-2-25(23,24)18-21-16-10-6-4-8-14(16)17(22-18)20-12-11-13-7-3-5-9-15(13)19/h3,5,7,9H,2,4,6,8,10-12H2,1H3,(H,20,21,22). The van der Waals surface area contributed by atoms with Crippen molar-refractivity contribution in [2.45, 2.75) is 44.2 Å². The molecule has 0 fully saturated rings. The molecule has 0 aliphatic heterocycles. The summed E-state index contributed by atoms with van der Waals surface area (Å²) in [5, 5.41) is 3.99. The zero-order valence-corrected chi connectivity index (χ0v) is 15.8. The first-order chi connectivity index (χ1) is 12.0. The van der Waals surface area contributed by atoms with Crippen molar-refractivity contribution in [1.82, 2.24) is 9.97 Å². The number of aryl methyl sites for hydroxylation is 1. The van der Waals surface area contributed by atoms with Crippen molar-refractivity contribution >= 4 is 27.3 Å². The van der Waals surface area contributed by atoms with Crippen molar-refractivity contribution in [1.29, 1.82) is 0 Å². The average molecular weight is 380 g/mol. The van der Waals surface area contributed by atoms with Crippen LogP contribution in [0.25, 0.3) is 0 Å². The molecule has 25 heavy (non-hydrogen) atoms. The first kappa shape index (κ1) is 18.1. The topological polar surface area (TPSA) is 72.0 Å². The summed E-state index contributed by atoms with van der Waals surface area (Å²) in [5.41, 5.74) is 2.98. The number of sulfone groups is 1. The minimum atomic E-state index is -3.42. The largest absolute Gasteiger partial charge is 0.369 e. The molecular weight excluding hydrogens is 358 g/mol. The molecule has 3 rings (SSSR count). The van der Waals surface area contributed by atoms with Gasteiger partial charge in [-0.25, -0.2) is 18.4 Å². The number of hydrogen-bond donors (Lipinski definition) is 1. The normalized spacial score (nSPS) is 14.2. The summed E-state index contributed by atoms with van der Waals surface area (Å²) in [7, 11) is -3.42. The number of fused-ring (bicyclic) bond motifs is 1. The van der Waals surface area contributed by atoms with Crippen LogP contribution >= 0.6 is 11.6 Å². The van der Waals surface area contributed by atoms with Crippen molar-refractivity contribution in [3.05, 3.63) is 46.1 Å². The van der Waals surface area contributed by atoms with Crippen molar-refractivity contribution in [3.8, 4) is 0 Å². The Morgan fingerprint density at radius 2 is 1.92 bits per heavy atom. The van der Waals surface area contributed by atoms with Crippen LogP contribution in [0.15, 0.2) is 29.4 Å². The van der Waals surface area contributed by atoms with E-state index in [1.807, 2.05) is 24.3 Å². The lowest BCUT2D eigenvalue weighted by Crippen LogP contribution is -2.19. The third-order valence-electron chi connectivity index (χ3n) is 4.47. The van der Waals surface area contributed by atoms with Crippen LogP contribution < -0.4 is 5.32 Å². The van der Waals surface area contributed by atoms with E-state index in [0.29, 0.717) is 12.4 Å². The van der Waals surface area contributed by atoms with Gasteiger partial charge in [-0.2, -0.15) is 0 Å². The van der Waals surface area contributed by atoms with Crippen molar-refractivity contribution in [2.75, 3.05) is 17.6 Å². The third kappa shape index (κ3) is 4.12. The van der Waals surface area contributed by atoms with E-state index in [1.54, 1.807) is 6.92 Å². The van der Waals surface area contributed by atoms with E-state index in [4.69, 9.17) is 11.6 Å². The molecular formula is C18H22ClN3O2S. The fourth-order valence-corrected chi connectivity index (χ4v) is 3.97. The number of nitrogens with one attached hydrogen (secondary N) is 1. The molecule has 0 unspecified atom stereocenters. The zero-order chi connectivity index (χ0) is 17.9. The highest BCUT2D eigenvalue weighted by atomic mass is 35.5. The first-order valence-electron chi connectivity index (χ1n) is 8.61. The maximum atomic E-state index is 12.2. The Hall–Kier alpha value is -1.66. The quantitative estimate of drug-likeness (QED) is 0.778. The molecule has 0 radical (unpaired) electrons. The molecule has 2 aromatic rings. The van der Waals surface area contributed by atoms with Crippen LogP contribution in [-0.4, -0.2) is 30.7 Å². The van der Waals surface area contributed by atoms with Crippen LogP contribution in [0, 0.1) is 0 Å². The highest BCUT2D eigenvalue weighted by Gasteiger charge is 2.23. The molecule has 0 saturated carbocycles. The van der Waals surface area contributed by atoms with Gasteiger partial charge in [0.15, 0.2) is 0 Å². The van der Waals surface area contributed by atoms with Crippen molar-refractivity contribution < 1.29 is 8.42 Å². The number of aromatic nitrogens is 2. The highest BCUT2D eigenvalue weighted by molar-refractivity contribution is 7.91. The number of rotatable bonds is 6. The van der Waals surface area contributed by atoms with Gasteiger partial charge in [0.2, 0.25) is 15.0 Å². The number of hydrogen-bond acceptors (Lipinski definition) is 5. The second kappa shape index (κ2) is 7.70. The second-order valence-electron chi connectivity index (χ2n) is 6.16. The van der Waals surface area contributed by atoms with E-state index >= 15 is 0 Å². The molecule has 0 bridgehead atoms. The molecule has 1 aliphatic rings. The van der Waals surface area contributed by atoms with E-state index < -0.39 is 9.84 Å². The monoisotopic (exact) mass is 379 g/mol. The molecule has 0 saturated heterocycles. The SMILES string of the molecule is CCS(=O)(=O)c1nc2c(c(NCCc3ccccc3Cl)n1)CCCC2. The Kier molecular flexibility index (Phi) is 5.59. The molecule has 0 atom stereocenters. The average Bonchev–Trinajstić information content (AvgIpc) is 2.63. The van der Waals surface area contributed by atoms with Gasteiger partial charge >= 0.3 is 0 Å². The van der Waals surface area contributed by atoms with Gasteiger partial charge in [0, 0.05) is 17.1 Å². The van der Waals surface area contributed by atoms with Crippen LogP contribution in [0.4, 0.5) is 5.82 Å². The van der Waals surface area contributed by atoms with E-state index in [2.05, 4.69) is 15.3 Å². The predicted octanol–water partition coefficient (Wildman–Crippen LogP) is 3.46. The van der Waals surface area contributed by atoms with Crippen LogP contribution in [0.5, 0.6) is 0 Å². The van der Waals surface area contributed by atoms with Crippen molar-refractivity contribution in [3.63, 3.8) is 0 Å². The minimum Gasteiger partial charge on any atom is -0.369 e. The summed E-state index contributed by atoms with van der Waals surface area (Å²) in [6.45, 7) is 2.25.